The topological polar surface area (TPSA) is 38.8 Å². The van der Waals surface area contributed by atoms with E-state index in [-0.39, 0.29) is 12.4 Å². The van der Waals surface area contributed by atoms with Gasteiger partial charge in [-0.1, -0.05) is 6.92 Å². The molecule has 0 saturated carbocycles. The lowest BCUT2D eigenvalue weighted by atomic mass is 10.3. The van der Waals surface area contributed by atoms with Crippen molar-refractivity contribution in [3.63, 3.8) is 0 Å². The van der Waals surface area contributed by atoms with Crippen LogP contribution in [0.2, 0.25) is 0 Å². The average Bonchev–Trinajstić information content (AvgIpc) is 2.20. The fraction of sp³-hybridized carbons (Fsp3) is 0.900. The molecule has 0 radical (unpaired) electrons. The van der Waals surface area contributed by atoms with E-state index < -0.39 is 0 Å². The zero-order valence-electron chi connectivity index (χ0n) is 8.83. The summed E-state index contributed by atoms with van der Waals surface area (Å²) in [5.41, 5.74) is 0. The highest BCUT2D eigenvalue weighted by atomic mass is 16.5. The van der Waals surface area contributed by atoms with E-state index in [0.717, 1.165) is 32.7 Å². The molecule has 1 aliphatic heterocycles. The summed E-state index contributed by atoms with van der Waals surface area (Å²) >= 11 is 0. The number of hydrogen-bond donors (Lipinski definition) is 0. The van der Waals surface area contributed by atoms with E-state index in [1.807, 2.05) is 6.92 Å². The van der Waals surface area contributed by atoms with Crippen LogP contribution in [-0.4, -0.2) is 56.7 Å². The van der Waals surface area contributed by atoms with Crippen molar-refractivity contribution in [2.75, 3.05) is 46.1 Å². The first-order valence-electron chi connectivity index (χ1n) is 5.22. The Morgan fingerprint density at radius 2 is 2.14 bits per heavy atom. The molecule has 1 saturated heterocycles. The third-order valence-electron chi connectivity index (χ3n) is 2.12. The summed E-state index contributed by atoms with van der Waals surface area (Å²) in [6.07, 6.45) is 0.963. The van der Waals surface area contributed by atoms with Crippen molar-refractivity contribution in [3.8, 4) is 0 Å². The summed E-state index contributed by atoms with van der Waals surface area (Å²) in [4.78, 5) is 13.5. The summed E-state index contributed by atoms with van der Waals surface area (Å²) in [6.45, 7) is 6.67. The van der Waals surface area contributed by atoms with Crippen LogP contribution in [0, 0.1) is 0 Å². The number of ether oxygens (including phenoxy) is 2. The van der Waals surface area contributed by atoms with Gasteiger partial charge < -0.3 is 9.47 Å². The summed E-state index contributed by atoms with van der Waals surface area (Å²) < 4.78 is 10.4. The minimum atomic E-state index is 0.167. The molecule has 1 rings (SSSR count). The maximum Gasteiger partial charge on any atom is 0.172 e. The molecule has 4 nitrogen and oxygen atoms in total. The fourth-order valence-electron chi connectivity index (χ4n) is 1.38. The second-order valence-electron chi connectivity index (χ2n) is 3.48. The molecule has 0 aromatic rings. The summed E-state index contributed by atoms with van der Waals surface area (Å²) in [7, 11) is 0. The van der Waals surface area contributed by atoms with Crippen molar-refractivity contribution in [2.24, 2.45) is 0 Å². The zero-order chi connectivity index (χ0) is 10.2. The minimum absolute atomic E-state index is 0.167. The molecule has 0 bridgehead atoms. The lowest BCUT2D eigenvalue weighted by molar-refractivity contribution is -0.125. The quantitative estimate of drug-likeness (QED) is 0.580. The third kappa shape index (κ3) is 4.69. The first-order chi connectivity index (χ1) is 6.83. The van der Waals surface area contributed by atoms with Gasteiger partial charge in [-0.3, -0.25) is 9.69 Å². The van der Waals surface area contributed by atoms with Gasteiger partial charge >= 0.3 is 0 Å². The van der Waals surface area contributed by atoms with Crippen molar-refractivity contribution < 1.29 is 14.3 Å². The Morgan fingerprint density at radius 3 is 2.79 bits per heavy atom. The highest BCUT2D eigenvalue weighted by molar-refractivity contribution is 5.81. The van der Waals surface area contributed by atoms with Crippen molar-refractivity contribution in [3.05, 3.63) is 0 Å². The first kappa shape index (κ1) is 11.6. The first-order valence-corrected chi connectivity index (χ1v) is 5.22. The Balaban J connectivity index is 2.06. The number of carbonyl (C=O) groups is 1. The lowest BCUT2D eigenvalue weighted by Gasteiger charge is -2.25. The number of morpholine rings is 1. The van der Waals surface area contributed by atoms with Gasteiger partial charge in [0.25, 0.3) is 0 Å². The van der Waals surface area contributed by atoms with Crippen molar-refractivity contribution in [1.29, 1.82) is 0 Å². The van der Waals surface area contributed by atoms with Crippen molar-refractivity contribution in [2.45, 2.75) is 13.3 Å². The fourth-order valence-corrected chi connectivity index (χ4v) is 1.38. The van der Waals surface area contributed by atoms with Crippen LogP contribution in [0.3, 0.4) is 0 Å². The Hall–Kier alpha value is -0.450. The molecule has 0 aromatic carbocycles. The number of hydrogen-bond acceptors (Lipinski definition) is 4. The summed E-state index contributed by atoms with van der Waals surface area (Å²) in [5.74, 6) is 0.167. The van der Waals surface area contributed by atoms with E-state index in [2.05, 4.69) is 4.90 Å². The van der Waals surface area contributed by atoms with Crippen LogP contribution in [0.5, 0.6) is 0 Å². The van der Waals surface area contributed by atoms with Crippen LogP contribution in [-0.2, 0) is 14.3 Å². The lowest BCUT2D eigenvalue weighted by Crippen LogP contribution is -2.40. The van der Waals surface area contributed by atoms with Crippen LogP contribution in [0.4, 0.5) is 0 Å². The smallest absolute Gasteiger partial charge is 0.172 e. The highest BCUT2D eigenvalue weighted by Gasteiger charge is 2.13. The molecule has 0 N–H and O–H groups in total. The Bertz CT molecular complexity index is 167. The van der Waals surface area contributed by atoms with E-state index in [1.54, 1.807) is 0 Å². The molecular formula is C10H19NO3. The molecule has 1 aliphatic rings. The van der Waals surface area contributed by atoms with Gasteiger partial charge in [0.05, 0.1) is 19.8 Å². The van der Waals surface area contributed by atoms with E-state index in [9.17, 15) is 4.79 Å². The summed E-state index contributed by atoms with van der Waals surface area (Å²) in [6, 6.07) is 0. The molecule has 14 heavy (non-hydrogen) atoms. The van der Waals surface area contributed by atoms with E-state index in [1.165, 1.54) is 0 Å². The Morgan fingerprint density at radius 1 is 1.43 bits per heavy atom. The van der Waals surface area contributed by atoms with Gasteiger partial charge in [0.15, 0.2) is 5.78 Å². The number of rotatable bonds is 6. The Kier molecular flexibility index (Phi) is 5.75. The largest absolute Gasteiger partial charge is 0.379 e. The predicted octanol–water partition coefficient (Wildman–Crippen LogP) is 0.314. The van der Waals surface area contributed by atoms with Crippen molar-refractivity contribution >= 4 is 5.78 Å². The highest BCUT2D eigenvalue weighted by Crippen LogP contribution is 1.96. The molecule has 0 aromatic heterocycles. The maximum atomic E-state index is 11.4. The van der Waals surface area contributed by atoms with Gasteiger partial charge in [-0.2, -0.15) is 0 Å². The van der Waals surface area contributed by atoms with Crippen molar-refractivity contribution in [1.82, 2.24) is 4.90 Å². The molecule has 1 heterocycles. The molecular weight excluding hydrogens is 182 g/mol. The SMILES string of the molecule is CCCOCC(=O)CN1CCOCC1. The zero-order valence-corrected chi connectivity index (χ0v) is 8.83. The van der Waals surface area contributed by atoms with Crippen LogP contribution in [0.25, 0.3) is 0 Å². The number of carbonyl (C=O) groups excluding carboxylic acids is 1. The molecule has 82 valence electrons. The number of nitrogens with zero attached hydrogens (tertiary/aromatic N) is 1. The summed E-state index contributed by atoms with van der Waals surface area (Å²) in [5, 5.41) is 0. The van der Waals surface area contributed by atoms with Crippen LogP contribution in [0.1, 0.15) is 13.3 Å². The van der Waals surface area contributed by atoms with Crippen LogP contribution < -0.4 is 0 Å². The minimum Gasteiger partial charge on any atom is -0.379 e. The molecule has 0 spiro atoms. The van der Waals surface area contributed by atoms with Gasteiger partial charge in [-0.15, -0.1) is 0 Å². The molecule has 0 atom stereocenters. The van der Waals surface area contributed by atoms with E-state index in [4.69, 9.17) is 9.47 Å². The molecule has 0 aliphatic carbocycles. The predicted molar refractivity (Wildman–Crippen MR) is 53.4 cm³/mol. The second-order valence-corrected chi connectivity index (χ2v) is 3.48. The molecule has 0 unspecified atom stereocenters. The van der Waals surface area contributed by atoms with Gasteiger partial charge in [0.2, 0.25) is 0 Å². The second kappa shape index (κ2) is 6.92. The molecule has 1 fully saturated rings. The normalized spacial score (nSPS) is 18.4. The van der Waals surface area contributed by atoms with E-state index >= 15 is 0 Å². The third-order valence-corrected chi connectivity index (χ3v) is 2.12. The molecule has 4 heteroatoms. The average molecular weight is 201 g/mol. The standard InChI is InChI=1S/C10H19NO3/c1-2-5-14-9-10(12)8-11-3-6-13-7-4-11/h2-9H2,1H3. The Labute approximate surface area is 85.2 Å². The van der Waals surface area contributed by atoms with Gasteiger partial charge in [-0.25, -0.2) is 0 Å². The monoisotopic (exact) mass is 201 g/mol. The van der Waals surface area contributed by atoms with Gasteiger partial charge in [0.1, 0.15) is 6.61 Å². The van der Waals surface area contributed by atoms with E-state index in [0.29, 0.717) is 13.2 Å². The van der Waals surface area contributed by atoms with Crippen LogP contribution in [0.15, 0.2) is 0 Å². The number of Topliss-reactive ketones (excluding diaryl/α,β-unsaturated/α-hetero) is 1. The van der Waals surface area contributed by atoms with Gasteiger partial charge in [0, 0.05) is 19.7 Å². The van der Waals surface area contributed by atoms with Gasteiger partial charge in [-0.05, 0) is 6.42 Å². The maximum absolute atomic E-state index is 11.4. The number of ketones is 1. The molecule has 0 amide bonds. The van der Waals surface area contributed by atoms with Crippen LogP contribution >= 0.6 is 0 Å².